The van der Waals surface area contributed by atoms with Crippen molar-refractivity contribution in [2.45, 2.75) is 43.4 Å². The van der Waals surface area contributed by atoms with Crippen LogP contribution in [-0.2, 0) is 4.79 Å². The number of amides is 1. The minimum absolute atomic E-state index is 0.0264. The minimum atomic E-state index is -0.0620. The van der Waals surface area contributed by atoms with E-state index in [1.54, 1.807) is 24.3 Å². The Morgan fingerprint density at radius 1 is 1.00 bits per heavy atom. The summed E-state index contributed by atoms with van der Waals surface area (Å²) in [5, 5.41) is 4.56. The Morgan fingerprint density at radius 3 is 2.32 bits per heavy atom. The molecule has 6 rings (SSSR count). The topological polar surface area (TPSA) is 50.8 Å². The highest BCUT2D eigenvalue weighted by Gasteiger charge is 2.60. The third kappa shape index (κ3) is 4.50. The van der Waals surface area contributed by atoms with Crippen LogP contribution < -0.4 is 14.8 Å². The Labute approximate surface area is 192 Å². The van der Waals surface area contributed by atoms with E-state index in [0.29, 0.717) is 16.7 Å². The quantitative estimate of drug-likeness (QED) is 0.657. The monoisotopic (exact) mass is 460 g/mol. The van der Waals surface area contributed by atoms with Gasteiger partial charge in [-0.05, 0) is 80.1 Å². The number of nitrogens with one attached hydrogen (secondary N) is 1. The van der Waals surface area contributed by atoms with Crippen LogP contribution in [0.25, 0.3) is 0 Å². The normalized spacial score (nSPS) is 29.4. The van der Waals surface area contributed by atoms with Crippen molar-refractivity contribution >= 4 is 29.1 Å². The molecule has 2 aromatic carbocycles. The lowest BCUT2D eigenvalue weighted by atomic mass is 9.75. The van der Waals surface area contributed by atoms with Crippen LogP contribution in [0.1, 0.15) is 25.7 Å². The number of likely N-dealkylation sites (tertiary alicyclic amines) is 1. The number of carbonyl (C=O) groups is 1. The number of benzene rings is 2. The van der Waals surface area contributed by atoms with E-state index in [2.05, 4.69) is 10.2 Å². The number of hydrogen-bond donors (Lipinski definition) is 1. The Balaban J connectivity index is 1.09. The summed E-state index contributed by atoms with van der Waals surface area (Å²) in [6.07, 6.45) is 4.56. The molecule has 1 heterocycles. The van der Waals surface area contributed by atoms with Crippen molar-refractivity contribution in [1.82, 2.24) is 10.2 Å². The molecule has 2 bridgehead atoms. The van der Waals surface area contributed by atoms with E-state index in [9.17, 15) is 4.79 Å². The third-order valence-corrected chi connectivity index (χ3v) is 7.42. The molecule has 4 aliphatic rings. The Morgan fingerprint density at radius 2 is 1.65 bits per heavy atom. The van der Waals surface area contributed by atoms with Crippen LogP contribution >= 0.6 is 23.2 Å². The van der Waals surface area contributed by atoms with E-state index < -0.39 is 0 Å². The van der Waals surface area contributed by atoms with E-state index in [1.807, 2.05) is 24.3 Å². The van der Waals surface area contributed by atoms with E-state index in [-0.39, 0.29) is 30.2 Å². The number of carbonyl (C=O) groups excluding carboxylic acids is 1. The zero-order valence-electron chi connectivity index (χ0n) is 17.2. The molecule has 0 spiro atoms. The van der Waals surface area contributed by atoms with Gasteiger partial charge in [0, 0.05) is 34.7 Å². The van der Waals surface area contributed by atoms with Crippen LogP contribution in [0.15, 0.2) is 48.5 Å². The van der Waals surface area contributed by atoms with Gasteiger partial charge in [-0.1, -0.05) is 23.2 Å². The second-order valence-electron chi connectivity index (χ2n) is 8.94. The fraction of sp³-hybridized carbons (Fsp3) is 0.458. The smallest absolute Gasteiger partial charge is 0.258 e. The lowest BCUT2D eigenvalue weighted by Crippen LogP contribution is -2.51. The van der Waals surface area contributed by atoms with Crippen LogP contribution in [0, 0.1) is 5.92 Å². The summed E-state index contributed by atoms with van der Waals surface area (Å²) in [4.78, 5) is 15.0. The summed E-state index contributed by atoms with van der Waals surface area (Å²) < 4.78 is 11.7. The summed E-state index contributed by atoms with van der Waals surface area (Å²) in [6, 6.07) is 14.9. The highest BCUT2D eigenvalue weighted by Crippen LogP contribution is 2.56. The van der Waals surface area contributed by atoms with E-state index in [4.69, 9.17) is 32.7 Å². The average Bonchev–Trinajstić information content (AvgIpc) is 3.42. The van der Waals surface area contributed by atoms with Crippen molar-refractivity contribution in [3.8, 4) is 11.5 Å². The number of ether oxygens (including phenoxy) is 2. The highest BCUT2D eigenvalue weighted by molar-refractivity contribution is 6.30. The molecule has 3 aliphatic carbocycles. The molecule has 1 amide bonds. The molecule has 0 aromatic heterocycles. The molecule has 3 saturated carbocycles. The van der Waals surface area contributed by atoms with Gasteiger partial charge in [0.25, 0.3) is 5.91 Å². The summed E-state index contributed by atoms with van der Waals surface area (Å²) >= 11 is 11.8. The molecule has 2 atom stereocenters. The van der Waals surface area contributed by atoms with Crippen molar-refractivity contribution < 1.29 is 14.3 Å². The average molecular weight is 461 g/mol. The van der Waals surface area contributed by atoms with Gasteiger partial charge in [-0.2, -0.15) is 0 Å². The van der Waals surface area contributed by atoms with E-state index >= 15 is 0 Å². The molecule has 2 unspecified atom stereocenters. The van der Waals surface area contributed by atoms with Crippen LogP contribution in [0.5, 0.6) is 11.5 Å². The molecule has 31 heavy (non-hydrogen) atoms. The van der Waals surface area contributed by atoms with Gasteiger partial charge in [0.2, 0.25) is 0 Å². The van der Waals surface area contributed by atoms with Gasteiger partial charge in [-0.15, -0.1) is 0 Å². The van der Waals surface area contributed by atoms with E-state index in [1.165, 1.54) is 0 Å². The van der Waals surface area contributed by atoms with Crippen molar-refractivity contribution in [2.24, 2.45) is 5.92 Å². The molecule has 5 nitrogen and oxygen atoms in total. The fourth-order valence-corrected chi connectivity index (χ4v) is 5.64. The largest absolute Gasteiger partial charge is 0.489 e. The highest BCUT2D eigenvalue weighted by atomic mass is 35.5. The lowest BCUT2D eigenvalue weighted by molar-refractivity contribution is -0.124. The second kappa shape index (κ2) is 8.53. The Hall–Kier alpha value is -1.95. The van der Waals surface area contributed by atoms with Crippen molar-refractivity contribution in [3.63, 3.8) is 0 Å². The van der Waals surface area contributed by atoms with Crippen LogP contribution in [-0.4, -0.2) is 48.2 Å². The van der Waals surface area contributed by atoms with Crippen LogP contribution in [0.2, 0.25) is 10.0 Å². The van der Waals surface area contributed by atoms with Gasteiger partial charge in [-0.3, -0.25) is 9.69 Å². The van der Waals surface area contributed by atoms with Gasteiger partial charge < -0.3 is 14.8 Å². The molecule has 164 valence electrons. The molecule has 2 aromatic rings. The standard InChI is InChI=1S/C24H26Cl2N2O3/c25-17-1-5-19(6-2-17)30-15-23(29)27-22-13-24(11-16(22)12-24)28-10-9-21(14-28)31-20-7-3-18(26)4-8-20/h1-8,16,21-22H,9-15H2,(H,27,29). The van der Waals surface area contributed by atoms with Crippen LogP contribution in [0.3, 0.4) is 0 Å². The number of hydrogen-bond acceptors (Lipinski definition) is 4. The third-order valence-electron chi connectivity index (χ3n) is 6.92. The maximum absolute atomic E-state index is 12.4. The first-order chi connectivity index (χ1) is 15.0. The maximum atomic E-state index is 12.4. The SMILES string of the molecule is O=C(COc1ccc(Cl)cc1)NC1CC2(N3CCC(Oc4ccc(Cl)cc4)C3)CC1C2. The summed E-state index contributed by atoms with van der Waals surface area (Å²) in [5.41, 5.74) is 0.220. The summed E-state index contributed by atoms with van der Waals surface area (Å²) in [7, 11) is 0. The van der Waals surface area contributed by atoms with Crippen LogP contribution in [0.4, 0.5) is 0 Å². The summed E-state index contributed by atoms with van der Waals surface area (Å²) in [6.45, 7) is 2.01. The molecule has 1 aliphatic heterocycles. The Kier molecular flexibility index (Phi) is 5.76. The van der Waals surface area contributed by atoms with E-state index in [0.717, 1.165) is 49.5 Å². The lowest BCUT2D eigenvalue weighted by Gasteiger charge is -2.45. The molecule has 7 heteroatoms. The molecule has 1 N–H and O–H groups in total. The first kappa shape index (κ1) is 20.9. The number of nitrogens with zero attached hydrogens (tertiary/aromatic N) is 1. The minimum Gasteiger partial charge on any atom is -0.489 e. The molecule has 4 fully saturated rings. The second-order valence-corrected chi connectivity index (χ2v) is 9.81. The van der Waals surface area contributed by atoms with Crippen molar-refractivity contribution in [1.29, 1.82) is 0 Å². The number of halogens is 2. The predicted octanol–water partition coefficient (Wildman–Crippen LogP) is 4.56. The predicted molar refractivity (Wildman–Crippen MR) is 121 cm³/mol. The van der Waals surface area contributed by atoms with Crippen molar-refractivity contribution in [3.05, 3.63) is 58.6 Å². The number of rotatable bonds is 7. The van der Waals surface area contributed by atoms with Gasteiger partial charge in [-0.25, -0.2) is 0 Å². The zero-order chi connectivity index (χ0) is 21.4. The number of fused-ring (bicyclic) bond motifs is 1. The first-order valence-electron chi connectivity index (χ1n) is 10.8. The molecular formula is C24H26Cl2N2O3. The maximum Gasteiger partial charge on any atom is 0.258 e. The first-order valence-corrected chi connectivity index (χ1v) is 11.6. The molecule has 0 radical (unpaired) electrons. The van der Waals surface area contributed by atoms with Gasteiger partial charge in [0.15, 0.2) is 6.61 Å². The van der Waals surface area contributed by atoms with Crippen molar-refractivity contribution in [2.75, 3.05) is 19.7 Å². The van der Waals surface area contributed by atoms with Gasteiger partial charge in [0.05, 0.1) is 0 Å². The van der Waals surface area contributed by atoms with Gasteiger partial charge >= 0.3 is 0 Å². The van der Waals surface area contributed by atoms with Gasteiger partial charge in [0.1, 0.15) is 17.6 Å². The summed E-state index contributed by atoms with van der Waals surface area (Å²) in [5.74, 6) is 2.02. The Bertz CT molecular complexity index is 929. The molecular weight excluding hydrogens is 435 g/mol. The fourth-order valence-electron chi connectivity index (χ4n) is 5.39. The molecule has 1 saturated heterocycles. The zero-order valence-corrected chi connectivity index (χ0v) is 18.7.